The van der Waals surface area contributed by atoms with Crippen LogP contribution in [0.1, 0.15) is 20.8 Å². The van der Waals surface area contributed by atoms with E-state index >= 15 is 0 Å². The number of rotatable bonds is 1. The SMILES string of the molecule is CC(C)(C)OC(=O)n1cccc1[B-]12OCC[NH+]1CCO2. The van der Waals surface area contributed by atoms with Crippen molar-refractivity contribution in [1.82, 2.24) is 4.57 Å². The molecule has 1 N–H and O–H groups in total. The fraction of sp³-hybridized carbons (Fsp3) is 0.615. The highest BCUT2D eigenvalue weighted by molar-refractivity contribution is 6.73. The number of hydrogen-bond donors (Lipinski definition) is 1. The van der Waals surface area contributed by atoms with E-state index in [1.807, 2.05) is 32.9 Å². The molecule has 2 aliphatic rings. The average molecular weight is 280 g/mol. The van der Waals surface area contributed by atoms with Crippen LogP contribution in [0.4, 0.5) is 4.79 Å². The van der Waals surface area contributed by atoms with Gasteiger partial charge in [0.05, 0.1) is 26.3 Å². The van der Waals surface area contributed by atoms with Gasteiger partial charge < -0.3 is 18.9 Å². The molecule has 0 aliphatic carbocycles. The molecule has 0 unspecified atom stereocenters. The lowest BCUT2D eigenvalue weighted by Crippen LogP contribution is -3.21. The molecule has 0 radical (unpaired) electrons. The van der Waals surface area contributed by atoms with Gasteiger partial charge in [0.25, 0.3) is 0 Å². The number of fused-ring (bicyclic) bond motifs is 1. The summed E-state index contributed by atoms with van der Waals surface area (Å²) in [5.74, 6) is 0. The van der Waals surface area contributed by atoms with E-state index in [4.69, 9.17) is 14.0 Å². The quantitative estimate of drug-likeness (QED) is 0.695. The molecule has 0 spiro atoms. The topological polar surface area (TPSA) is 54.1 Å². The van der Waals surface area contributed by atoms with E-state index in [9.17, 15) is 4.79 Å². The minimum absolute atomic E-state index is 0.390. The maximum Gasteiger partial charge on any atom is 0.517 e. The number of hydrogen-bond acceptors (Lipinski definition) is 4. The van der Waals surface area contributed by atoms with E-state index in [1.54, 1.807) is 6.20 Å². The molecule has 3 heterocycles. The predicted octanol–water partition coefficient (Wildman–Crippen LogP) is -0.637. The lowest BCUT2D eigenvalue weighted by atomic mass is 9.67. The summed E-state index contributed by atoms with van der Waals surface area (Å²) in [6, 6.07) is 3.72. The van der Waals surface area contributed by atoms with Crippen molar-refractivity contribution in [2.24, 2.45) is 0 Å². The van der Waals surface area contributed by atoms with Crippen LogP contribution in [0.3, 0.4) is 0 Å². The molecule has 1 aromatic heterocycles. The smallest absolute Gasteiger partial charge is 0.505 e. The number of aromatic nitrogens is 1. The largest absolute Gasteiger partial charge is 0.517 e. The third-order valence-corrected chi connectivity index (χ3v) is 3.85. The number of ether oxygens (including phenoxy) is 1. The summed E-state index contributed by atoms with van der Waals surface area (Å²) in [4.78, 5) is 13.6. The van der Waals surface area contributed by atoms with E-state index in [2.05, 4.69) is 0 Å². The van der Waals surface area contributed by atoms with Crippen LogP contribution in [0.25, 0.3) is 0 Å². The Balaban J connectivity index is 1.93. The monoisotopic (exact) mass is 280 g/mol. The lowest BCUT2D eigenvalue weighted by molar-refractivity contribution is -0.781. The Labute approximate surface area is 118 Å². The summed E-state index contributed by atoms with van der Waals surface area (Å²) in [6.07, 6.45) is 1.32. The minimum atomic E-state index is -1.60. The Morgan fingerprint density at radius 2 is 2.00 bits per heavy atom. The van der Waals surface area contributed by atoms with Crippen molar-refractivity contribution in [2.75, 3.05) is 26.3 Å². The van der Waals surface area contributed by atoms with Crippen molar-refractivity contribution in [3.8, 4) is 0 Å². The molecular weight excluding hydrogens is 259 g/mol. The van der Waals surface area contributed by atoms with Gasteiger partial charge in [0.1, 0.15) is 5.60 Å². The maximum absolute atomic E-state index is 12.3. The van der Waals surface area contributed by atoms with E-state index in [1.165, 1.54) is 9.38 Å². The van der Waals surface area contributed by atoms with Crippen LogP contribution in [-0.2, 0) is 14.0 Å². The van der Waals surface area contributed by atoms with E-state index < -0.39 is 12.3 Å². The molecule has 2 saturated heterocycles. The lowest BCUT2D eigenvalue weighted by Gasteiger charge is -2.32. The first-order chi connectivity index (χ1) is 9.42. The van der Waals surface area contributed by atoms with Crippen molar-refractivity contribution in [2.45, 2.75) is 26.4 Å². The average Bonchev–Trinajstić information content (AvgIpc) is 3.00. The van der Waals surface area contributed by atoms with Gasteiger partial charge in [-0.1, -0.05) is 6.07 Å². The predicted molar refractivity (Wildman–Crippen MR) is 74.1 cm³/mol. The molecule has 7 heteroatoms. The molecule has 6 nitrogen and oxygen atoms in total. The minimum Gasteiger partial charge on any atom is -0.505 e. The molecule has 20 heavy (non-hydrogen) atoms. The van der Waals surface area contributed by atoms with Crippen LogP contribution in [0.5, 0.6) is 0 Å². The van der Waals surface area contributed by atoms with Crippen molar-refractivity contribution in [3.63, 3.8) is 0 Å². The molecule has 0 atom stereocenters. The summed E-state index contributed by atoms with van der Waals surface area (Å²) in [5, 5.41) is 0. The fourth-order valence-electron chi connectivity index (χ4n) is 3.06. The summed E-state index contributed by atoms with van der Waals surface area (Å²) < 4.78 is 18.8. The van der Waals surface area contributed by atoms with Crippen LogP contribution in [-0.4, -0.2) is 49.3 Å². The number of nitrogens with zero attached hydrogens (tertiary/aromatic N) is 1. The Kier molecular flexibility index (Phi) is 3.15. The zero-order valence-corrected chi connectivity index (χ0v) is 12.2. The Morgan fingerprint density at radius 1 is 1.35 bits per heavy atom. The second-order valence-electron chi connectivity index (χ2n) is 6.40. The third-order valence-electron chi connectivity index (χ3n) is 3.85. The van der Waals surface area contributed by atoms with Gasteiger partial charge in [-0.15, -0.1) is 0 Å². The zero-order valence-electron chi connectivity index (χ0n) is 12.2. The molecule has 0 saturated carbocycles. The van der Waals surface area contributed by atoms with E-state index in [0.717, 1.165) is 18.7 Å². The first-order valence-corrected chi connectivity index (χ1v) is 7.11. The van der Waals surface area contributed by atoms with Crippen LogP contribution < -0.4 is 10.4 Å². The highest BCUT2D eigenvalue weighted by Gasteiger charge is 2.53. The Morgan fingerprint density at radius 3 is 2.60 bits per heavy atom. The molecule has 0 aromatic carbocycles. The van der Waals surface area contributed by atoms with Crippen molar-refractivity contribution < 1.29 is 23.7 Å². The summed E-state index contributed by atoms with van der Waals surface area (Å²) >= 11 is 0. The van der Waals surface area contributed by atoms with Crippen LogP contribution in [0, 0.1) is 0 Å². The molecule has 0 amide bonds. The van der Waals surface area contributed by atoms with Gasteiger partial charge in [0, 0.05) is 6.20 Å². The highest BCUT2D eigenvalue weighted by atomic mass is 16.6. The van der Waals surface area contributed by atoms with Gasteiger partial charge >= 0.3 is 12.8 Å². The number of quaternary nitrogens is 1. The first-order valence-electron chi connectivity index (χ1n) is 7.11. The zero-order chi connectivity index (χ0) is 14.4. The number of carbonyl (C=O) groups is 1. The summed E-state index contributed by atoms with van der Waals surface area (Å²) in [6.45, 7) is 7.12. The van der Waals surface area contributed by atoms with Gasteiger partial charge in [-0.3, -0.25) is 4.57 Å². The third kappa shape index (κ3) is 2.15. The Hall–Kier alpha value is -1.31. The van der Waals surface area contributed by atoms with Crippen LogP contribution in [0.15, 0.2) is 18.3 Å². The van der Waals surface area contributed by atoms with Gasteiger partial charge in [-0.25, -0.2) is 4.79 Å². The Bertz CT molecular complexity index is 513. The highest BCUT2D eigenvalue weighted by Crippen LogP contribution is 2.13. The normalized spacial score (nSPS) is 29.4. The second-order valence-corrected chi connectivity index (χ2v) is 6.40. The van der Waals surface area contributed by atoms with Gasteiger partial charge in [0.2, 0.25) is 0 Å². The first kappa shape index (κ1) is 13.7. The number of nitrogens with one attached hydrogen (secondary N) is 1. The van der Waals surface area contributed by atoms with Crippen molar-refractivity contribution in [1.29, 1.82) is 0 Å². The van der Waals surface area contributed by atoms with Crippen LogP contribution in [0.2, 0.25) is 0 Å². The molecule has 0 bridgehead atoms. The molecular formula is C13H21BN2O4. The maximum atomic E-state index is 12.3. The van der Waals surface area contributed by atoms with E-state index in [0.29, 0.717) is 13.2 Å². The molecule has 2 fully saturated rings. The molecule has 2 aliphatic heterocycles. The van der Waals surface area contributed by atoms with Crippen molar-refractivity contribution >= 4 is 18.4 Å². The van der Waals surface area contributed by atoms with E-state index in [-0.39, 0.29) is 6.09 Å². The van der Waals surface area contributed by atoms with Gasteiger partial charge in [-0.05, 0) is 32.4 Å². The van der Waals surface area contributed by atoms with Crippen molar-refractivity contribution in [3.05, 3.63) is 18.3 Å². The second kappa shape index (κ2) is 4.61. The van der Waals surface area contributed by atoms with Crippen LogP contribution >= 0.6 is 0 Å². The molecule has 1 aromatic rings. The summed E-state index contributed by atoms with van der Waals surface area (Å²) in [7, 11) is 0. The molecule has 110 valence electrons. The van der Waals surface area contributed by atoms with Gasteiger partial charge in [-0.2, -0.15) is 0 Å². The summed E-state index contributed by atoms with van der Waals surface area (Å²) in [5.41, 5.74) is 0.243. The standard InChI is InChI=1S/C13H21BN2O4/c1-13(2,3)20-12(17)16-6-4-5-11(16)14-15(7-9-18-14)8-10-19-14/h4-6,15H,7-10H2,1-3H3. The number of carbonyl (C=O) groups excluding carboxylic acids is 1. The molecule has 3 rings (SSSR count). The van der Waals surface area contributed by atoms with Gasteiger partial charge in [0.15, 0.2) is 0 Å². The fourth-order valence-corrected chi connectivity index (χ4v) is 3.06.